The lowest BCUT2D eigenvalue weighted by atomic mass is 10.2. The van der Waals surface area contributed by atoms with Gasteiger partial charge in [-0.2, -0.15) is 5.26 Å². The lowest BCUT2D eigenvalue weighted by molar-refractivity contribution is 0.256. The zero-order valence-electron chi connectivity index (χ0n) is 11.1. The van der Waals surface area contributed by atoms with Gasteiger partial charge < -0.3 is 5.32 Å². The van der Waals surface area contributed by atoms with Gasteiger partial charge in [0.1, 0.15) is 0 Å². The van der Waals surface area contributed by atoms with Crippen LogP contribution in [0.25, 0.3) is 0 Å². The third-order valence-electron chi connectivity index (χ3n) is 3.32. The van der Waals surface area contributed by atoms with Gasteiger partial charge in [0, 0.05) is 11.8 Å². The van der Waals surface area contributed by atoms with Gasteiger partial charge in [-0.05, 0) is 30.5 Å². The van der Waals surface area contributed by atoms with Crippen molar-refractivity contribution in [3.63, 3.8) is 0 Å². The normalized spacial score (nSPS) is 18.4. The summed E-state index contributed by atoms with van der Waals surface area (Å²) in [7, 11) is 0. The van der Waals surface area contributed by atoms with Crippen LogP contribution in [0.4, 0.5) is 0 Å². The van der Waals surface area contributed by atoms with E-state index in [9.17, 15) is 0 Å². The van der Waals surface area contributed by atoms with Gasteiger partial charge in [-0.3, -0.25) is 4.90 Å². The summed E-state index contributed by atoms with van der Waals surface area (Å²) < 4.78 is 0. The van der Waals surface area contributed by atoms with Gasteiger partial charge in [0.2, 0.25) is 0 Å². The zero-order chi connectivity index (χ0) is 13.1. The van der Waals surface area contributed by atoms with Gasteiger partial charge in [-0.1, -0.05) is 23.9 Å². The number of thioether (sulfide) groups is 1. The molecule has 1 saturated carbocycles. The molecule has 2 aliphatic rings. The molecule has 0 amide bonds. The fraction of sp³-hybridized carbons (Fsp3) is 0.429. The topological polar surface area (TPSA) is 51.4 Å². The average Bonchev–Trinajstić information content (AvgIpc) is 3.31. The van der Waals surface area contributed by atoms with E-state index in [1.54, 1.807) is 11.8 Å². The van der Waals surface area contributed by atoms with Crippen LogP contribution >= 0.6 is 28.7 Å². The van der Waals surface area contributed by atoms with Crippen LogP contribution in [-0.4, -0.2) is 29.4 Å². The zero-order valence-corrected chi connectivity index (χ0v) is 13.6. The van der Waals surface area contributed by atoms with Crippen LogP contribution < -0.4 is 5.32 Å². The third-order valence-corrected chi connectivity index (χ3v) is 4.35. The summed E-state index contributed by atoms with van der Waals surface area (Å²) in [5.74, 6) is 0.852. The Morgan fingerprint density at radius 3 is 2.95 bits per heavy atom. The summed E-state index contributed by atoms with van der Waals surface area (Å²) in [6, 6.07) is 10.7. The summed E-state index contributed by atoms with van der Waals surface area (Å²) in [6.45, 7) is 1.73. The lowest BCUT2D eigenvalue weighted by Crippen LogP contribution is -2.42. The SMILES string of the molecule is Br.N#Cc1cccc(CSC2=NCN(C3CC3)CN2)c1. The minimum atomic E-state index is 0. The Labute approximate surface area is 134 Å². The number of hydrogen-bond donors (Lipinski definition) is 1. The molecular formula is C14H17BrN4S. The van der Waals surface area contributed by atoms with E-state index in [4.69, 9.17) is 5.26 Å². The molecule has 4 nitrogen and oxygen atoms in total. The quantitative estimate of drug-likeness (QED) is 0.908. The highest BCUT2D eigenvalue weighted by atomic mass is 79.9. The molecule has 1 fully saturated rings. The largest absolute Gasteiger partial charge is 0.352 e. The lowest BCUT2D eigenvalue weighted by Gasteiger charge is -2.26. The fourth-order valence-corrected chi connectivity index (χ4v) is 2.89. The standard InChI is InChI=1S/C14H16N4S.BrH/c15-7-11-2-1-3-12(6-11)8-19-14-16-9-18(10-17-14)13-4-5-13;/h1-3,6,13H,4-5,8-10H2,(H,16,17);1H. The molecule has 1 aliphatic carbocycles. The van der Waals surface area contributed by atoms with Crippen LogP contribution in [0.15, 0.2) is 29.3 Å². The molecule has 1 aromatic carbocycles. The van der Waals surface area contributed by atoms with Crippen LogP contribution in [0, 0.1) is 11.3 Å². The monoisotopic (exact) mass is 352 g/mol. The molecule has 6 heteroatoms. The van der Waals surface area contributed by atoms with E-state index in [0.29, 0.717) is 0 Å². The van der Waals surface area contributed by atoms with Crippen molar-refractivity contribution in [2.24, 2.45) is 4.99 Å². The van der Waals surface area contributed by atoms with Crippen LogP contribution in [-0.2, 0) is 5.75 Å². The van der Waals surface area contributed by atoms with Crippen LogP contribution in [0.1, 0.15) is 24.0 Å². The molecule has 106 valence electrons. The Hall–Kier alpha value is -1.03. The first kappa shape index (κ1) is 15.4. The highest BCUT2D eigenvalue weighted by Crippen LogP contribution is 2.27. The molecule has 1 N–H and O–H groups in total. The molecule has 0 aromatic heterocycles. The highest BCUT2D eigenvalue weighted by Gasteiger charge is 2.30. The van der Waals surface area contributed by atoms with Crippen molar-refractivity contribution in [1.82, 2.24) is 10.2 Å². The molecule has 1 aromatic rings. The number of nitriles is 1. The van der Waals surface area contributed by atoms with Crippen molar-refractivity contribution in [3.8, 4) is 6.07 Å². The van der Waals surface area contributed by atoms with E-state index in [1.807, 2.05) is 24.3 Å². The van der Waals surface area contributed by atoms with Crippen molar-refractivity contribution in [2.75, 3.05) is 13.3 Å². The van der Waals surface area contributed by atoms with Gasteiger partial charge in [-0.25, -0.2) is 4.99 Å². The number of aliphatic imine (C=N–C) groups is 1. The molecule has 1 aliphatic heterocycles. The Bertz CT molecular complexity index is 536. The number of halogens is 1. The van der Waals surface area contributed by atoms with Crippen molar-refractivity contribution in [1.29, 1.82) is 5.26 Å². The van der Waals surface area contributed by atoms with E-state index >= 15 is 0 Å². The first-order chi connectivity index (χ1) is 9.35. The summed E-state index contributed by atoms with van der Waals surface area (Å²) in [4.78, 5) is 6.93. The average molecular weight is 353 g/mol. The Morgan fingerprint density at radius 2 is 2.30 bits per heavy atom. The van der Waals surface area contributed by atoms with Gasteiger partial charge in [0.15, 0.2) is 5.17 Å². The van der Waals surface area contributed by atoms with Crippen molar-refractivity contribution in [3.05, 3.63) is 35.4 Å². The van der Waals surface area contributed by atoms with Gasteiger partial charge >= 0.3 is 0 Å². The Kier molecular flexibility index (Phi) is 5.46. The first-order valence-corrected chi connectivity index (χ1v) is 7.48. The molecule has 0 spiro atoms. The minimum absolute atomic E-state index is 0. The predicted octanol–water partition coefficient (Wildman–Crippen LogP) is 2.71. The molecular weight excluding hydrogens is 336 g/mol. The minimum Gasteiger partial charge on any atom is -0.352 e. The van der Waals surface area contributed by atoms with E-state index in [1.165, 1.54) is 12.8 Å². The summed E-state index contributed by atoms with van der Waals surface area (Å²) in [5, 5.41) is 13.2. The molecule has 0 bridgehead atoms. The summed E-state index contributed by atoms with van der Waals surface area (Å²) in [5.41, 5.74) is 1.88. The first-order valence-electron chi connectivity index (χ1n) is 6.49. The number of benzene rings is 1. The summed E-state index contributed by atoms with van der Waals surface area (Å²) in [6.07, 6.45) is 2.64. The van der Waals surface area contributed by atoms with Crippen LogP contribution in [0.3, 0.4) is 0 Å². The van der Waals surface area contributed by atoms with Crippen LogP contribution in [0.2, 0.25) is 0 Å². The third kappa shape index (κ3) is 3.98. The van der Waals surface area contributed by atoms with E-state index in [0.717, 1.165) is 41.4 Å². The molecule has 0 unspecified atom stereocenters. The Morgan fingerprint density at radius 1 is 1.45 bits per heavy atom. The highest BCUT2D eigenvalue weighted by molar-refractivity contribution is 8.93. The van der Waals surface area contributed by atoms with Crippen molar-refractivity contribution < 1.29 is 0 Å². The molecule has 0 atom stereocenters. The number of hydrogen-bond acceptors (Lipinski definition) is 5. The van der Waals surface area contributed by atoms with Gasteiger partial charge in [-0.15, -0.1) is 17.0 Å². The number of nitrogens with one attached hydrogen (secondary N) is 1. The number of nitrogens with zero attached hydrogens (tertiary/aromatic N) is 3. The number of rotatable bonds is 3. The Balaban J connectivity index is 0.00000147. The second-order valence-corrected chi connectivity index (χ2v) is 5.82. The van der Waals surface area contributed by atoms with Crippen molar-refractivity contribution in [2.45, 2.75) is 24.6 Å². The molecule has 20 heavy (non-hydrogen) atoms. The molecule has 3 rings (SSSR count). The predicted molar refractivity (Wildman–Crippen MR) is 87.9 cm³/mol. The second-order valence-electron chi connectivity index (χ2n) is 4.86. The number of amidine groups is 1. The maximum Gasteiger partial charge on any atom is 0.159 e. The molecule has 0 radical (unpaired) electrons. The molecule has 1 heterocycles. The van der Waals surface area contributed by atoms with Gasteiger partial charge in [0.25, 0.3) is 0 Å². The smallest absolute Gasteiger partial charge is 0.159 e. The van der Waals surface area contributed by atoms with E-state index in [2.05, 4.69) is 21.3 Å². The summed E-state index contributed by atoms with van der Waals surface area (Å²) >= 11 is 1.71. The second kappa shape index (κ2) is 7.11. The maximum atomic E-state index is 8.87. The van der Waals surface area contributed by atoms with E-state index in [-0.39, 0.29) is 17.0 Å². The van der Waals surface area contributed by atoms with Gasteiger partial charge in [0.05, 0.1) is 25.0 Å². The van der Waals surface area contributed by atoms with Crippen LogP contribution in [0.5, 0.6) is 0 Å². The molecule has 0 saturated heterocycles. The van der Waals surface area contributed by atoms with E-state index < -0.39 is 0 Å². The fourth-order valence-electron chi connectivity index (χ4n) is 2.09. The van der Waals surface area contributed by atoms with Crippen molar-refractivity contribution >= 4 is 33.9 Å². The maximum absolute atomic E-state index is 8.87.